The van der Waals surface area contributed by atoms with Crippen molar-refractivity contribution in [1.82, 2.24) is 5.32 Å². The van der Waals surface area contributed by atoms with Crippen LogP contribution in [-0.2, 0) is 9.59 Å². The maximum Gasteiger partial charge on any atom is 0.234 e. The zero-order chi connectivity index (χ0) is 20.7. The van der Waals surface area contributed by atoms with Crippen LogP contribution in [0.4, 0.5) is 0 Å². The number of nitrogens with one attached hydrogen (secondary N) is 1. The lowest BCUT2D eigenvalue weighted by Gasteiger charge is -2.19. The van der Waals surface area contributed by atoms with E-state index in [-0.39, 0.29) is 11.8 Å². The van der Waals surface area contributed by atoms with E-state index in [1.165, 1.54) is 0 Å². The van der Waals surface area contributed by atoms with Crippen LogP contribution in [0.15, 0.2) is 65.3 Å². The lowest BCUT2D eigenvalue weighted by atomic mass is 9.90. The molecular formula is C24H19NO5. The van der Waals surface area contributed by atoms with Gasteiger partial charge in [-0.2, -0.15) is 0 Å². The number of imide groups is 1. The average Bonchev–Trinajstić information content (AvgIpc) is 3.15. The fourth-order valence-electron chi connectivity index (χ4n) is 3.89. The van der Waals surface area contributed by atoms with Crippen molar-refractivity contribution in [2.24, 2.45) is 0 Å². The molecule has 3 aromatic carbocycles. The molecular weight excluding hydrogens is 382 g/mol. The molecule has 0 bridgehead atoms. The first-order valence-electron chi connectivity index (χ1n) is 9.71. The van der Waals surface area contributed by atoms with Crippen LogP contribution in [0.3, 0.4) is 0 Å². The highest BCUT2D eigenvalue weighted by Gasteiger charge is 2.30. The minimum Gasteiger partial charge on any atom is -0.497 e. The molecule has 1 fully saturated rings. The molecule has 6 nitrogen and oxygen atoms in total. The van der Waals surface area contributed by atoms with Gasteiger partial charge < -0.3 is 13.9 Å². The molecule has 1 aliphatic rings. The molecule has 5 rings (SSSR count). The van der Waals surface area contributed by atoms with E-state index in [4.69, 9.17) is 13.9 Å². The molecule has 1 saturated heterocycles. The Morgan fingerprint density at radius 2 is 1.80 bits per heavy atom. The SMILES string of the molecule is COc1cccc(Oc2ccc3cc4occ([C@@H]5CCC(=O)NC5=O)c4cc3c2)c1. The summed E-state index contributed by atoms with van der Waals surface area (Å²) >= 11 is 0. The quantitative estimate of drug-likeness (QED) is 0.492. The molecule has 30 heavy (non-hydrogen) atoms. The van der Waals surface area contributed by atoms with Crippen molar-refractivity contribution in [1.29, 1.82) is 0 Å². The monoisotopic (exact) mass is 401 g/mol. The number of amides is 2. The van der Waals surface area contributed by atoms with E-state index < -0.39 is 5.92 Å². The van der Waals surface area contributed by atoms with E-state index >= 15 is 0 Å². The number of carbonyl (C=O) groups is 2. The normalized spacial score (nSPS) is 16.6. The molecule has 0 saturated carbocycles. The second kappa shape index (κ2) is 7.22. The number of piperidine rings is 1. The minimum absolute atomic E-state index is 0.228. The minimum atomic E-state index is -0.391. The molecule has 0 unspecified atom stereocenters. The predicted octanol–water partition coefficient (Wildman–Crippen LogP) is 4.91. The van der Waals surface area contributed by atoms with Gasteiger partial charge in [0.05, 0.1) is 19.3 Å². The Bertz CT molecular complexity index is 1290. The number of furan rings is 1. The van der Waals surface area contributed by atoms with E-state index in [1.807, 2.05) is 54.6 Å². The van der Waals surface area contributed by atoms with Gasteiger partial charge in [-0.3, -0.25) is 14.9 Å². The number of hydrogen-bond donors (Lipinski definition) is 1. The first kappa shape index (κ1) is 18.2. The lowest BCUT2D eigenvalue weighted by molar-refractivity contribution is -0.134. The van der Waals surface area contributed by atoms with Crippen molar-refractivity contribution >= 4 is 33.6 Å². The summed E-state index contributed by atoms with van der Waals surface area (Å²) in [6.07, 6.45) is 2.43. The molecule has 4 aromatic rings. The van der Waals surface area contributed by atoms with Gasteiger partial charge in [-0.1, -0.05) is 12.1 Å². The van der Waals surface area contributed by atoms with Crippen LogP contribution < -0.4 is 14.8 Å². The van der Waals surface area contributed by atoms with Gasteiger partial charge in [-0.15, -0.1) is 0 Å². The summed E-state index contributed by atoms with van der Waals surface area (Å²) in [7, 11) is 1.62. The summed E-state index contributed by atoms with van der Waals surface area (Å²) in [6, 6.07) is 17.2. The molecule has 1 N–H and O–H groups in total. The second-order valence-corrected chi connectivity index (χ2v) is 7.33. The van der Waals surface area contributed by atoms with Crippen molar-refractivity contribution in [3.05, 3.63) is 66.4 Å². The number of methoxy groups -OCH3 is 1. The van der Waals surface area contributed by atoms with Gasteiger partial charge in [0.2, 0.25) is 11.8 Å². The Balaban J connectivity index is 1.52. The first-order chi connectivity index (χ1) is 14.6. The average molecular weight is 401 g/mol. The van der Waals surface area contributed by atoms with Gasteiger partial charge in [0, 0.05) is 23.4 Å². The van der Waals surface area contributed by atoms with Gasteiger partial charge in [-0.05, 0) is 53.6 Å². The predicted molar refractivity (Wildman–Crippen MR) is 112 cm³/mol. The van der Waals surface area contributed by atoms with Crippen molar-refractivity contribution in [2.45, 2.75) is 18.8 Å². The fraction of sp³-hybridized carbons (Fsp3) is 0.167. The molecule has 2 heterocycles. The van der Waals surface area contributed by atoms with E-state index in [0.717, 1.165) is 27.5 Å². The number of benzene rings is 3. The summed E-state index contributed by atoms with van der Waals surface area (Å²) in [4.78, 5) is 23.8. The third kappa shape index (κ3) is 3.26. The van der Waals surface area contributed by atoms with E-state index in [2.05, 4.69) is 5.32 Å². The molecule has 150 valence electrons. The number of ether oxygens (including phenoxy) is 2. The zero-order valence-electron chi connectivity index (χ0n) is 16.3. The highest BCUT2D eigenvalue weighted by atomic mass is 16.5. The molecule has 1 aliphatic heterocycles. The highest BCUT2D eigenvalue weighted by Crippen LogP contribution is 2.36. The van der Waals surface area contributed by atoms with Gasteiger partial charge in [0.25, 0.3) is 0 Å². The maximum atomic E-state index is 12.3. The van der Waals surface area contributed by atoms with Crippen LogP contribution in [0.2, 0.25) is 0 Å². The van der Waals surface area contributed by atoms with Crippen molar-refractivity contribution < 1.29 is 23.5 Å². The highest BCUT2D eigenvalue weighted by molar-refractivity contribution is 6.04. The third-order valence-corrected chi connectivity index (χ3v) is 5.43. The van der Waals surface area contributed by atoms with Crippen LogP contribution in [0.5, 0.6) is 17.2 Å². The number of carbonyl (C=O) groups excluding carboxylic acids is 2. The van der Waals surface area contributed by atoms with Crippen LogP contribution in [0.1, 0.15) is 24.3 Å². The molecule has 0 aliphatic carbocycles. The Hall–Kier alpha value is -3.80. The van der Waals surface area contributed by atoms with E-state index in [1.54, 1.807) is 13.4 Å². The van der Waals surface area contributed by atoms with Crippen molar-refractivity contribution in [2.75, 3.05) is 7.11 Å². The van der Waals surface area contributed by atoms with Gasteiger partial charge in [0.1, 0.15) is 22.8 Å². The van der Waals surface area contributed by atoms with Gasteiger partial charge in [-0.25, -0.2) is 0 Å². The zero-order valence-corrected chi connectivity index (χ0v) is 16.3. The lowest BCUT2D eigenvalue weighted by Crippen LogP contribution is -2.39. The van der Waals surface area contributed by atoms with Crippen LogP contribution in [0, 0.1) is 0 Å². The van der Waals surface area contributed by atoms with Gasteiger partial charge in [0.15, 0.2) is 0 Å². The number of fused-ring (bicyclic) bond motifs is 2. The van der Waals surface area contributed by atoms with E-state index in [0.29, 0.717) is 29.9 Å². The molecule has 1 aromatic heterocycles. The third-order valence-electron chi connectivity index (χ3n) is 5.43. The number of rotatable bonds is 4. The standard InChI is InChI=1S/C24H19NO5/c1-28-16-3-2-4-17(12-16)30-18-6-5-14-11-22-20(10-15(14)9-18)21(13-29-22)19-7-8-23(26)25-24(19)27/h2-6,9-13,19H,7-8H2,1H3,(H,25,26,27)/t19-/m0/s1. The van der Waals surface area contributed by atoms with Crippen LogP contribution in [-0.4, -0.2) is 18.9 Å². The maximum absolute atomic E-state index is 12.3. The summed E-state index contributed by atoms with van der Waals surface area (Å²) in [6.45, 7) is 0. The molecule has 0 radical (unpaired) electrons. The van der Waals surface area contributed by atoms with Crippen LogP contribution in [0.25, 0.3) is 21.7 Å². The molecule has 0 spiro atoms. The second-order valence-electron chi connectivity index (χ2n) is 7.33. The summed E-state index contributed by atoms with van der Waals surface area (Å²) in [5, 5.41) is 5.26. The largest absolute Gasteiger partial charge is 0.497 e. The topological polar surface area (TPSA) is 77.8 Å². The molecule has 2 amide bonds. The smallest absolute Gasteiger partial charge is 0.234 e. The molecule has 6 heteroatoms. The molecule has 1 atom stereocenters. The van der Waals surface area contributed by atoms with Gasteiger partial charge >= 0.3 is 0 Å². The van der Waals surface area contributed by atoms with Crippen LogP contribution >= 0.6 is 0 Å². The number of hydrogen-bond acceptors (Lipinski definition) is 5. The van der Waals surface area contributed by atoms with Crippen molar-refractivity contribution in [3.8, 4) is 17.2 Å². The van der Waals surface area contributed by atoms with E-state index in [9.17, 15) is 9.59 Å². The van der Waals surface area contributed by atoms with Crippen molar-refractivity contribution in [3.63, 3.8) is 0 Å². The summed E-state index contributed by atoms with van der Waals surface area (Å²) in [5.74, 6) is 1.21. The summed E-state index contributed by atoms with van der Waals surface area (Å²) in [5.41, 5.74) is 1.51. The first-order valence-corrected chi connectivity index (χ1v) is 9.71. The Labute approximate surface area is 172 Å². The summed E-state index contributed by atoms with van der Waals surface area (Å²) < 4.78 is 17.0. The Morgan fingerprint density at radius 1 is 0.967 bits per heavy atom. The Kier molecular flexibility index (Phi) is 4.39. The Morgan fingerprint density at radius 3 is 2.63 bits per heavy atom. The fourth-order valence-corrected chi connectivity index (χ4v) is 3.89.